The molecule has 17 heavy (non-hydrogen) atoms. The van der Waals surface area contributed by atoms with Crippen LogP contribution in [0.3, 0.4) is 0 Å². The molecule has 2 aromatic rings. The van der Waals surface area contributed by atoms with Gasteiger partial charge in [-0.15, -0.1) is 0 Å². The van der Waals surface area contributed by atoms with Gasteiger partial charge < -0.3 is 0 Å². The number of hydrogen-bond donors (Lipinski definition) is 2. The highest BCUT2D eigenvalue weighted by Crippen LogP contribution is 2.24. The van der Waals surface area contributed by atoms with Crippen molar-refractivity contribution in [3.8, 4) is 0 Å². The van der Waals surface area contributed by atoms with Crippen molar-refractivity contribution >= 4 is 11.6 Å². The van der Waals surface area contributed by atoms with Gasteiger partial charge in [0.15, 0.2) is 0 Å². The van der Waals surface area contributed by atoms with E-state index in [0.717, 1.165) is 17.0 Å². The molecule has 0 bridgehead atoms. The lowest BCUT2D eigenvalue weighted by atomic mass is 9.99. The van der Waals surface area contributed by atoms with Gasteiger partial charge in [0.25, 0.3) is 0 Å². The summed E-state index contributed by atoms with van der Waals surface area (Å²) >= 11 is 6.17. The molecule has 0 aliphatic heterocycles. The molecule has 1 atom stereocenters. The Kier molecular flexibility index (Phi) is 4.15. The summed E-state index contributed by atoms with van der Waals surface area (Å²) in [5, 5.41) is 0.742. The lowest BCUT2D eigenvalue weighted by molar-refractivity contribution is 0.552. The fraction of sp³-hybridized carbons (Fsp3) is 0.143. The zero-order valence-corrected chi connectivity index (χ0v) is 10.2. The lowest BCUT2D eigenvalue weighted by Crippen LogP contribution is -2.29. The SMILES string of the molecule is NNC(Cc1ccccc1)c1ccccc1Cl. The number of hydrazine groups is 1. The van der Waals surface area contributed by atoms with Crippen LogP contribution >= 0.6 is 11.6 Å². The fourth-order valence-electron chi connectivity index (χ4n) is 1.87. The van der Waals surface area contributed by atoms with Crippen molar-refractivity contribution in [3.05, 3.63) is 70.7 Å². The van der Waals surface area contributed by atoms with Crippen LogP contribution in [0.2, 0.25) is 5.02 Å². The van der Waals surface area contributed by atoms with Crippen molar-refractivity contribution in [1.29, 1.82) is 0 Å². The molecule has 0 aliphatic rings. The van der Waals surface area contributed by atoms with Crippen LogP contribution in [0.1, 0.15) is 17.2 Å². The third kappa shape index (κ3) is 3.07. The smallest absolute Gasteiger partial charge is 0.0515 e. The van der Waals surface area contributed by atoms with E-state index in [9.17, 15) is 0 Å². The Balaban J connectivity index is 2.21. The second kappa shape index (κ2) is 5.82. The standard InChI is InChI=1S/C14H15ClN2/c15-13-9-5-4-8-12(13)14(17-16)10-11-6-2-1-3-7-11/h1-9,14,17H,10,16H2. The molecule has 0 heterocycles. The summed E-state index contributed by atoms with van der Waals surface area (Å²) in [5.41, 5.74) is 5.08. The first-order chi connectivity index (χ1) is 8.31. The molecular weight excluding hydrogens is 232 g/mol. The minimum Gasteiger partial charge on any atom is -0.271 e. The van der Waals surface area contributed by atoms with Crippen LogP contribution < -0.4 is 11.3 Å². The largest absolute Gasteiger partial charge is 0.271 e. The maximum absolute atomic E-state index is 6.17. The molecule has 2 rings (SSSR count). The highest BCUT2D eigenvalue weighted by Gasteiger charge is 2.13. The van der Waals surface area contributed by atoms with Crippen LogP contribution in [0.4, 0.5) is 0 Å². The zero-order valence-electron chi connectivity index (χ0n) is 9.44. The molecule has 0 fully saturated rings. The Morgan fingerprint density at radius 3 is 2.29 bits per heavy atom. The van der Waals surface area contributed by atoms with Crippen molar-refractivity contribution in [2.75, 3.05) is 0 Å². The van der Waals surface area contributed by atoms with Gasteiger partial charge in [-0.2, -0.15) is 0 Å². The first-order valence-electron chi connectivity index (χ1n) is 5.55. The summed E-state index contributed by atoms with van der Waals surface area (Å²) in [5.74, 6) is 5.61. The minimum absolute atomic E-state index is 0.0334. The maximum Gasteiger partial charge on any atom is 0.0515 e. The molecule has 2 nitrogen and oxygen atoms in total. The van der Waals surface area contributed by atoms with Gasteiger partial charge in [0.2, 0.25) is 0 Å². The Labute approximate surface area is 106 Å². The lowest BCUT2D eigenvalue weighted by Gasteiger charge is -2.17. The minimum atomic E-state index is 0.0334. The van der Waals surface area contributed by atoms with E-state index in [1.165, 1.54) is 5.56 Å². The van der Waals surface area contributed by atoms with Crippen molar-refractivity contribution < 1.29 is 0 Å². The fourth-order valence-corrected chi connectivity index (χ4v) is 2.13. The summed E-state index contributed by atoms with van der Waals surface area (Å²) in [4.78, 5) is 0. The number of halogens is 1. The van der Waals surface area contributed by atoms with E-state index in [0.29, 0.717) is 0 Å². The van der Waals surface area contributed by atoms with Gasteiger partial charge in [0, 0.05) is 5.02 Å². The van der Waals surface area contributed by atoms with Crippen LogP contribution in [0.25, 0.3) is 0 Å². The topological polar surface area (TPSA) is 38.0 Å². The summed E-state index contributed by atoms with van der Waals surface area (Å²) in [7, 11) is 0. The van der Waals surface area contributed by atoms with E-state index < -0.39 is 0 Å². The number of hydrogen-bond acceptors (Lipinski definition) is 2. The number of nitrogens with two attached hydrogens (primary N) is 1. The Hall–Kier alpha value is -1.35. The van der Waals surface area contributed by atoms with Crippen LogP contribution in [0.5, 0.6) is 0 Å². The quantitative estimate of drug-likeness (QED) is 0.643. The van der Waals surface area contributed by atoms with Gasteiger partial charge in [-0.05, 0) is 23.6 Å². The van der Waals surface area contributed by atoms with Crippen molar-refractivity contribution in [3.63, 3.8) is 0 Å². The molecule has 2 aromatic carbocycles. The first-order valence-corrected chi connectivity index (χ1v) is 5.93. The normalized spacial score (nSPS) is 12.4. The summed E-state index contributed by atoms with van der Waals surface area (Å²) in [6.07, 6.45) is 0.821. The van der Waals surface area contributed by atoms with Gasteiger partial charge in [-0.3, -0.25) is 11.3 Å². The van der Waals surface area contributed by atoms with Crippen LogP contribution in [0, 0.1) is 0 Å². The molecule has 0 aromatic heterocycles. The van der Waals surface area contributed by atoms with E-state index in [1.54, 1.807) is 0 Å². The van der Waals surface area contributed by atoms with E-state index in [1.807, 2.05) is 42.5 Å². The Morgan fingerprint density at radius 1 is 1.00 bits per heavy atom. The zero-order chi connectivity index (χ0) is 12.1. The van der Waals surface area contributed by atoms with Gasteiger partial charge in [0.05, 0.1) is 6.04 Å². The number of rotatable bonds is 4. The second-order valence-corrected chi connectivity index (χ2v) is 4.34. The van der Waals surface area contributed by atoms with Gasteiger partial charge in [-0.1, -0.05) is 60.1 Å². The van der Waals surface area contributed by atoms with Gasteiger partial charge in [-0.25, -0.2) is 0 Å². The molecule has 3 heteroatoms. The van der Waals surface area contributed by atoms with Crippen LogP contribution in [0.15, 0.2) is 54.6 Å². The molecule has 0 aliphatic carbocycles. The predicted octanol–water partition coefficient (Wildman–Crippen LogP) is 3.09. The number of nitrogens with one attached hydrogen (secondary N) is 1. The molecule has 1 unspecified atom stereocenters. The predicted molar refractivity (Wildman–Crippen MR) is 71.7 cm³/mol. The molecule has 88 valence electrons. The molecule has 0 amide bonds. The average molecular weight is 247 g/mol. The number of benzene rings is 2. The Bertz CT molecular complexity index is 471. The molecule has 0 radical (unpaired) electrons. The highest BCUT2D eigenvalue weighted by molar-refractivity contribution is 6.31. The first kappa shape index (κ1) is 12.1. The van der Waals surface area contributed by atoms with Crippen LogP contribution in [-0.2, 0) is 6.42 Å². The summed E-state index contributed by atoms with van der Waals surface area (Å²) in [6, 6.07) is 18.0. The Morgan fingerprint density at radius 2 is 1.65 bits per heavy atom. The summed E-state index contributed by atoms with van der Waals surface area (Å²) in [6.45, 7) is 0. The third-order valence-electron chi connectivity index (χ3n) is 2.76. The maximum atomic E-state index is 6.17. The van der Waals surface area contributed by atoms with Crippen molar-refractivity contribution in [2.45, 2.75) is 12.5 Å². The van der Waals surface area contributed by atoms with Gasteiger partial charge in [0.1, 0.15) is 0 Å². The monoisotopic (exact) mass is 246 g/mol. The molecule has 0 saturated carbocycles. The van der Waals surface area contributed by atoms with E-state index in [-0.39, 0.29) is 6.04 Å². The molecule has 0 spiro atoms. The highest BCUT2D eigenvalue weighted by atomic mass is 35.5. The van der Waals surface area contributed by atoms with E-state index >= 15 is 0 Å². The summed E-state index contributed by atoms with van der Waals surface area (Å²) < 4.78 is 0. The van der Waals surface area contributed by atoms with E-state index in [2.05, 4.69) is 17.6 Å². The van der Waals surface area contributed by atoms with Crippen LogP contribution in [-0.4, -0.2) is 0 Å². The second-order valence-electron chi connectivity index (χ2n) is 3.93. The van der Waals surface area contributed by atoms with Gasteiger partial charge >= 0.3 is 0 Å². The third-order valence-corrected chi connectivity index (χ3v) is 3.11. The average Bonchev–Trinajstić information content (AvgIpc) is 2.38. The molecule has 0 saturated heterocycles. The van der Waals surface area contributed by atoms with Crippen molar-refractivity contribution in [2.24, 2.45) is 5.84 Å². The molecule has 3 N–H and O–H groups in total. The molecular formula is C14H15ClN2. The van der Waals surface area contributed by atoms with E-state index in [4.69, 9.17) is 17.4 Å². The van der Waals surface area contributed by atoms with Crippen molar-refractivity contribution in [1.82, 2.24) is 5.43 Å².